The average Bonchev–Trinajstić information content (AvgIpc) is 2.30. The van der Waals surface area contributed by atoms with Gasteiger partial charge in [-0.2, -0.15) is 0 Å². The minimum Gasteiger partial charge on any atom is -0.389 e. The molecule has 1 aliphatic heterocycles. The standard InChI is InChI=1S/C11H23NO4S/c1-10(8-15-2)16-9-11(13)7-12-3-5-17(14)6-4-12/h10-11,13H,3-9H2,1-2H3. The molecule has 1 heterocycles. The van der Waals surface area contributed by atoms with Gasteiger partial charge in [0.2, 0.25) is 0 Å². The summed E-state index contributed by atoms with van der Waals surface area (Å²) in [7, 11) is 0.969. The van der Waals surface area contributed by atoms with Crippen LogP contribution in [0.4, 0.5) is 0 Å². The van der Waals surface area contributed by atoms with E-state index in [0.717, 1.165) is 13.1 Å². The lowest BCUT2D eigenvalue weighted by atomic mass is 10.3. The number of ether oxygens (including phenoxy) is 2. The van der Waals surface area contributed by atoms with Crippen LogP contribution < -0.4 is 0 Å². The normalized spacial score (nSPS) is 22.5. The molecular weight excluding hydrogens is 242 g/mol. The van der Waals surface area contributed by atoms with Crippen molar-refractivity contribution in [2.45, 2.75) is 19.1 Å². The van der Waals surface area contributed by atoms with Gasteiger partial charge in [-0.1, -0.05) is 0 Å². The Hall–Kier alpha value is -0.0100. The molecule has 2 atom stereocenters. The maximum atomic E-state index is 11.2. The molecule has 0 spiro atoms. The molecule has 6 heteroatoms. The first kappa shape index (κ1) is 15.0. The van der Waals surface area contributed by atoms with Gasteiger partial charge in [0, 0.05) is 49.0 Å². The Morgan fingerprint density at radius 3 is 2.59 bits per heavy atom. The van der Waals surface area contributed by atoms with Gasteiger partial charge in [-0.3, -0.25) is 9.11 Å². The van der Waals surface area contributed by atoms with Crippen molar-refractivity contribution < 1.29 is 18.8 Å². The van der Waals surface area contributed by atoms with E-state index in [1.165, 1.54) is 0 Å². The third-order valence-electron chi connectivity index (χ3n) is 2.71. The Labute approximate surface area is 106 Å². The molecule has 5 nitrogen and oxygen atoms in total. The van der Waals surface area contributed by atoms with Crippen LogP contribution in [0.2, 0.25) is 0 Å². The molecule has 1 fully saturated rings. The molecule has 2 unspecified atom stereocenters. The molecular formula is C11H23NO4S. The molecule has 1 N–H and O–H groups in total. The largest absolute Gasteiger partial charge is 0.389 e. The van der Waals surface area contributed by atoms with E-state index in [0.29, 0.717) is 31.3 Å². The molecule has 1 rings (SSSR count). The van der Waals surface area contributed by atoms with E-state index in [2.05, 4.69) is 4.90 Å². The lowest BCUT2D eigenvalue weighted by Gasteiger charge is -2.28. The summed E-state index contributed by atoms with van der Waals surface area (Å²) in [5.74, 6) is 1.43. The van der Waals surface area contributed by atoms with E-state index in [-0.39, 0.29) is 6.10 Å². The summed E-state index contributed by atoms with van der Waals surface area (Å²) >= 11 is 0. The van der Waals surface area contributed by atoms with Gasteiger partial charge in [0.05, 0.1) is 25.4 Å². The van der Waals surface area contributed by atoms with Gasteiger partial charge >= 0.3 is 0 Å². The Kier molecular flexibility index (Phi) is 7.22. The van der Waals surface area contributed by atoms with Gasteiger partial charge < -0.3 is 14.6 Å². The second-order valence-electron chi connectivity index (χ2n) is 4.40. The number of rotatable bonds is 7. The third kappa shape index (κ3) is 6.47. The van der Waals surface area contributed by atoms with Gasteiger partial charge in [-0.15, -0.1) is 0 Å². The van der Waals surface area contributed by atoms with Crippen molar-refractivity contribution in [2.75, 3.05) is 51.5 Å². The van der Waals surface area contributed by atoms with Crippen LogP contribution in [0.1, 0.15) is 6.92 Å². The predicted octanol–water partition coefficient (Wildman–Crippen LogP) is -0.537. The van der Waals surface area contributed by atoms with Crippen LogP contribution >= 0.6 is 0 Å². The van der Waals surface area contributed by atoms with Crippen molar-refractivity contribution in [2.24, 2.45) is 0 Å². The molecule has 0 aliphatic carbocycles. The highest BCUT2D eigenvalue weighted by Gasteiger charge is 2.18. The van der Waals surface area contributed by atoms with Crippen molar-refractivity contribution in [3.05, 3.63) is 0 Å². The molecule has 0 amide bonds. The van der Waals surface area contributed by atoms with E-state index in [1.54, 1.807) is 7.11 Å². The highest BCUT2D eigenvalue weighted by atomic mass is 32.2. The van der Waals surface area contributed by atoms with Crippen molar-refractivity contribution in [3.63, 3.8) is 0 Å². The number of hydrogen-bond donors (Lipinski definition) is 1. The van der Waals surface area contributed by atoms with Gasteiger partial charge in [-0.05, 0) is 6.92 Å². The second-order valence-corrected chi connectivity index (χ2v) is 6.10. The number of β-amino-alcohol motifs (C(OH)–C–C–N with tert-alkyl or cyclic N) is 1. The van der Waals surface area contributed by atoms with Gasteiger partial charge in [-0.25, -0.2) is 0 Å². The highest BCUT2D eigenvalue weighted by molar-refractivity contribution is 7.85. The zero-order valence-electron chi connectivity index (χ0n) is 10.6. The molecule has 0 aromatic rings. The Morgan fingerprint density at radius 1 is 1.35 bits per heavy atom. The monoisotopic (exact) mass is 265 g/mol. The molecule has 0 saturated carbocycles. The maximum absolute atomic E-state index is 11.2. The number of nitrogens with zero attached hydrogens (tertiary/aromatic N) is 1. The SMILES string of the molecule is COCC(C)OCC(O)CN1CCS(=O)CC1. The number of aliphatic hydroxyl groups excluding tert-OH is 1. The molecule has 0 aromatic carbocycles. The van der Waals surface area contributed by atoms with Gasteiger partial charge in [0.15, 0.2) is 0 Å². The van der Waals surface area contributed by atoms with Crippen LogP contribution in [0.5, 0.6) is 0 Å². The van der Waals surface area contributed by atoms with Crippen LogP contribution in [0.25, 0.3) is 0 Å². The predicted molar refractivity (Wildman–Crippen MR) is 67.6 cm³/mol. The first-order chi connectivity index (χ1) is 8.11. The van der Waals surface area contributed by atoms with E-state index in [9.17, 15) is 9.32 Å². The van der Waals surface area contributed by atoms with Gasteiger partial charge in [0.1, 0.15) is 0 Å². The Balaban J connectivity index is 2.12. The molecule has 102 valence electrons. The zero-order chi connectivity index (χ0) is 12.7. The first-order valence-corrected chi connectivity index (χ1v) is 7.46. The van der Waals surface area contributed by atoms with Crippen molar-refractivity contribution >= 4 is 10.8 Å². The first-order valence-electron chi connectivity index (χ1n) is 5.97. The number of hydrogen-bond acceptors (Lipinski definition) is 5. The highest BCUT2D eigenvalue weighted by Crippen LogP contribution is 2.02. The molecule has 0 bridgehead atoms. The quantitative estimate of drug-likeness (QED) is 0.670. The summed E-state index contributed by atoms with van der Waals surface area (Å²) < 4.78 is 21.6. The van der Waals surface area contributed by atoms with E-state index in [1.807, 2.05) is 6.92 Å². The van der Waals surface area contributed by atoms with Gasteiger partial charge in [0.25, 0.3) is 0 Å². The summed E-state index contributed by atoms with van der Waals surface area (Å²) in [6, 6.07) is 0. The van der Waals surface area contributed by atoms with Crippen LogP contribution in [0.15, 0.2) is 0 Å². The Morgan fingerprint density at radius 2 is 2.00 bits per heavy atom. The third-order valence-corrected chi connectivity index (χ3v) is 3.99. The smallest absolute Gasteiger partial charge is 0.0900 e. The molecule has 1 saturated heterocycles. The average molecular weight is 265 g/mol. The number of methoxy groups -OCH3 is 1. The summed E-state index contributed by atoms with van der Waals surface area (Å²) in [6.45, 7) is 4.98. The Bertz CT molecular complexity index is 230. The fourth-order valence-corrected chi connectivity index (χ4v) is 2.89. The summed E-state index contributed by atoms with van der Waals surface area (Å²) in [5, 5.41) is 9.80. The topological polar surface area (TPSA) is 59.0 Å². The maximum Gasteiger partial charge on any atom is 0.0900 e. The van der Waals surface area contributed by atoms with Crippen molar-refractivity contribution in [1.82, 2.24) is 4.90 Å². The molecule has 0 aromatic heterocycles. The summed E-state index contributed by atoms with van der Waals surface area (Å²) in [4.78, 5) is 2.14. The fourth-order valence-electron chi connectivity index (χ4n) is 1.77. The lowest BCUT2D eigenvalue weighted by molar-refractivity contribution is -0.0391. The molecule has 17 heavy (non-hydrogen) atoms. The van der Waals surface area contributed by atoms with E-state index in [4.69, 9.17) is 9.47 Å². The van der Waals surface area contributed by atoms with Crippen LogP contribution in [0, 0.1) is 0 Å². The minimum atomic E-state index is -0.661. The summed E-state index contributed by atoms with van der Waals surface area (Å²) in [5.41, 5.74) is 0. The van der Waals surface area contributed by atoms with Crippen LogP contribution in [-0.4, -0.2) is 77.9 Å². The lowest BCUT2D eigenvalue weighted by Crippen LogP contribution is -2.43. The minimum absolute atomic E-state index is 0.00325. The zero-order valence-corrected chi connectivity index (χ0v) is 11.4. The summed E-state index contributed by atoms with van der Waals surface area (Å²) in [6.07, 6.45) is -0.482. The van der Waals surface area contributed by atoms with Crippen molar-refractivity contribution in [3.8, 4) is 0 Å². The molecule has 1 aliphatic rings. The van der Waals surface area contributed by atoms with E-state index < -0.39 is 16.9 Å². The van der Waals surface area contributed by atoms with Crippen LogP contribution in [-0.2, 0) is 20.3 Å². The van der Waals surface area contributed by atoms with E-state index >= 15 is 0 Å². The fraction of sp³-hybridized carbons (Fsp3) is 1.00. The second kappa shape index (κ2) is 8.16. The van der Waals surface area contributed by atoms with Crippen LogP contribution in [0.3, 0.4) is 0 Å². The van der Waals surface area contributed by atoms with Crippen molar-refractivity contribution in [1.29, 1.82) is 0 Å². The molecule has 0 radical (unpaired) electrons. The number of aliphatic hydroxyl groups is 1.